The molecule has 1 saturated heterocycles. The molecule has 4 atom stereocenters. The SMILES string of the molecule is CC[C@H]1O[C@@H](N2C=CC(NC(=O)c3ccccc3)NC2=O)C(F)(F)[C@@H]1C. The van der Waals surface area contributed by atoms with Crippen LogP contribution in [0.5, 0.6) is 0 Å². The first-order chi connectivity index (χ1) is 12.3. The summed E-state index contributed by atoms with van der Waals surface area (Å²) in [7, 11) is 0. The van der Waals surface area contributed by atoms with Gasteiger partial charge in [0, 0.05) is 11.8 Å². The van der Waals surface area contributed by atoms with E-state index in [1.165, 1.54) is 19.2 Å². The summed E-state index contributed by atoms with van der Waals surface area (Å²) in [5.74, 6) is -4.53. The second kappa shape index (κ2) is 7.03. The predicted molar refractivity (Wildman–Crippen MR) is 90.3 cm³/mol. The van der Waals surface area contributed by atoms with Crippen molar-refractivity contribution in [3.8, 4) is 0 Å². The van der Waals surface area contributed by atoms with Crippen LogP contribution in [0.4, 0.5) is 13.6 Å². The second-order valence-electron chi connectivity index (χ2n) is 6.41. The van der Waals surface area contributed by atoms with Gasteiger partial charge in [0.2, 0.25) is 6.23 Å². The minimum atomic E-state index is -3.16. The van der Waals surface area contributed by atoms with Crippen molar-refractivity contribution in [2.45, 2.75) is 44.7 Å². The highest BCUT2D eigenvalue weighted by atomic mass is 19.3. The van der Waals surface area contributed by atoms with Crippen molar-refractivity contribution in [1.82, 2.24) is 15.5 Å². The number of hydrogen-bond acceptors (Lipinski definition) is 3. The van der Waals surface area contributed by atoms with Crippen LogP contribution < -0.4 is 10.6 Å². The molecule has 0 spiro atoms. The molecule has 26 heavy (non-hydrogen) atoms. The number of nitrogens with zero attached hydrogens (tertiary/aromatic N) is 1. The molecule has 8 heteroatoms. The molecule has 2 aliphatic rings. The fourth-order valence-electron chi connectivity index (χ4n) is 3.13. The maximum atomic E-state index is 14.5. The highest BCUT2D eigenvalue weighted by Gasteiger charge is 2.59. The van der Waals surface area contributed by atoms with E-state index in [0.717, 1.165) is 4.90 Å². The van der Waals surface area contributed by atoms with Crippen LogP contribution in [0.2, 0.25) is 0 Å². The van der Waals surface area contributed by atoms with Crippen LogP contribution in [0.25, 0.3) is 0 Å². The van der Waals surface area contributed by atoms with Gasteiger partial charge in [0.15, 0.2) is 0 Å². The molecule has 0 aromatic heterocycles. The normalized spacial score (nSPS) is 30.2. The van der Waals surface area contributed by atoms with Gasteiger partial charge >= 0.3 is 6.03 Å². The Kier molecular flexibility index (Phi) is 4.95. The molecule has 1 unspecified atom stereocenters. The number of hydrogen-bond donors (Lipinski definition) is 2. The fourth-order valence-corrected chi connectivity index (χ4v) is 3.13. The number of nitrogens with one attached hydrogen (secondary N) is 2. The lowest BCUT2D eigenvalue weighted by Crippen LogP contribution is -2.58. The summed E-state index contributed by atoms with van der Waals surface area (Å²) in [4.78, 5) is 25.3. The molecule has 0 saturated carbocycles. The van der Waals surface area contributed by atoms with Crippen LogP contribution >= 0.6 is 0 Å². The minimum absolute atomic E-state index is 0.379. The number of rotatable bonds is 4. The number of benzene rings is 1. The van der Waals surface area contributed by atoms with Crippen LogP contribution in [-0.4, -0.2) is 41.3 Å². The lowest BCUT2D eigenvalue weighted by molar-refractivity contribution is -0.131. The van der Waals surface area contributed by atoms with E-state index in [9.17, 15) is 18.4 Å². The zero-order valence-electron chi connectivity index (χ0n) is 14.5. The molecule has 0 radical (unpaired) electrons. The molecule has 3 amide bonds. The van der Waals surface area contributed by atoms with E-state index < -0.39 is 36.4 Å². The molecule has 2 N–H and O–H groups in total. The Morgan fingerprint density at radius 3 is 2.62 bits per heavy atom. The number of alkyl halides is 2. The molecule has 140 valence electrons. The van der Waals surface area contributed by atoms with Crippen molar-refractivity contribution in [2.24, 2.45) is 5.92 Å². The van der Waals surface area contributed by atoms with Gasteiger partial charge in [0.25, 0.3) is 11.8 Å². The maximum Gasteiger partial charge on any atom is 0.325 e. The zero-order valence-corrected chi connectivity index (χ0v) is 14.5. The van der Waals surface area contributed by atoms with Crippen molar-refractivity contribution in [3.05, 3.63) is 48.2 Å². The molecule has 0 aliphatic carbocycles. The quantitative estimate of drug-likeness (QED) is 0.862. The Morgan fingerprint density at radius 1 is 1.35 bits per heavy atom. The van der Waals surface area contributed by atoms with Crippen LogP contribution in [-0.2, 0) is 4.74 Å². The van der Waals surface area contributed by atoms with E-state index in [-0.39, 0.29) is 5.91 Å². The number of ether oxygens (including phenoxy) is 1. The summed E-state index contributed by atoms with van der Waals surface area (Å²) in [5, 5.41) is 5.10. The summed E-state index contributed by atoms with van der Waals surface area (Å²) in [6.45, 7) is 3.18. The Balaban J connectivity index is 1.69. The standard InChI is InChI=1S/C18H21F2N3O3/c1-3-13-11(2)18(19,20)16(26-13)23-10-9-14(22-17(23)25)21-15(24)12-7-5-4-6-8-12/h4-11,13-14,16H,3H2,1-2H3,(H,21,24)(H,22,25)/t11-,13-,14?,16-/m1/s1. The van der Waals surface area contributed by atoms with Gasteiger partial charge in [-0.25, -0.2) is 13.6 Å². The molecule has 1 aromatic rings. The number of urea groups is 1. The Labute approximate surface area is 150 Å². The lowest BCUT2D eigenvalue weighted by atomic mass is 9.97. The van der Waals surface area contributed by atoms with E-state index in [1.807, 2.05) is 0 Å². The average Bonchev–Trinajstić information content (AvgIpc) is 2.85. The Morgan fingerprint density at radius 2 is 2.04 bits per heavy atom. The van der Waals surface area contributed by atoms with Crippen molar-refractivity contribution in [1.29, 1.82) is 0 Å². The lowest BCUT2D eigenvalue weighted by Gasteiger charge is -2.34. The van der Waals surface area contributed by atoms with Gasteiger partial charge < -0.3 is 15.4 Å². The molecule has 0 bridgehead atoms. The maximum absolute atomic E-state index is 14.5. The van der Waals surface area contributed by atoms with Gasteiger partial charge in [-0.15, -0.1) is 0 Å². The van der Waals surface area contributed by atoms with Crippen molar-refractivity contribution >= 4 is 11.9 Å². The number of halogens is 2. The molecule has 3 rings (SSSR count). The molecular weight excluding hydrogens is 344 g/mol. The first kappa shape index (κ1) is 18.3. The summed E-state index contributed by atoms with van der Waals surface area (Å²) in [5.41, 5.74) is 0.433. The third-order valence-corrected chi connectivity index (χ3v) is 4.73. The van der Waals surface area contributed by atoms with Crippen LogP contribution in [0.15, 0.2) is 42.6 Å². The Hall–Kier alpha value is -2.48. The van der Waals surface area contributed by atoms with E-state index in [0.29, 0.717) is 12.0 Å². The predicted octanol–water partition coefficient (Wildman–Crippen LogP) is 2.69. The molecule has 2 heterocycles. The van der Waals surface area contributed by atoms with Gasteiger partial charge in [-0.2, -0.15) is 0 Å². The van der Waals surface area contributed by atoms with Crippen LogP contribution in [0, 0.1) is 5.92 Å². The van der Waals surface area contributed by atoms with Crippen molar-refractivity contribution in [2.75, 3.05) is 0 Å². The van der Waals surface area contributed by atoms with E-state index in [1.54, 1.807) is 37.3 Å². The summed E-state index contributed by atoms with van der Waals surface area (Å²) >= 11 is 0. The monoisotopic (exact) mass is 365 g/mol. The molecule has 2 aliphatic heterocycles. The highest BCUT2D eigenvalue weighted by Crippen LogP contribution is 2.43. The summed E-state index contributed by atoms with van der Waals surface area (Å²) < 4.78 is 34.4. The molecule has 1 fully saturated rings. The molecular formula is C18H21F2N3O3. The van der Waals surface area contributed by atoms with E-state index in [4.69, 9.17) is 4.74 Å². The summed E-state index contributed by atoms with van der Waals surface area (Å²) in [6, 6.07) is 7.74. The first-order valence-electron chi connectivity index (χ1n) is 8.51. The fraction of sp³-hybridized carbons (Fsp3) is 0.444. The molecule has 1 aromatic carbocycles. The van der Waals surface area contributed by atoms with Gasteiger partial charge in [-0.05, 0) is 24.6 Å². The Bertz CT molecular complexity index is 711. The van der Waals surface area contributed by atoms with Gasteiger partial charge in [0.05, 0.1) is 12.0 Å². The van der Waals surface area contributed by atoms with Gasteiger partial charge in [-0.1, -0.05) is 32.0 Å². The largest absolute Gasteiger partial charge is 0.348 e. The number of carbonyl (C=O) groups excluding carboxylic acids is 2. The molecule has 6 nitrogen and oxygen atoms in total. The highest BCUT2D eigenvalue weighted by molar-refractivity contribution is 5.94. The van der Waals surface area contributed by atoms with Crippen molar-refractivity contribution in [3.63, 3.8) is 0 Å². The topological polar surface area (TPSA) is 70.7 Å². The minimum Gasteiger partial charge on any atom is -0.348 e. The number of carbonyl (C=O) groups is 2. The van der Waals surface area contributed by atoms with Crippen LogP contribution in [0.3, 0.4) is 0 Å². The number of amides is 3. The van der Waals surface area contributed by atoms with Crippen LogP contribution in [0.1, 0.15) is 30.6 Å². The van der Waals surface area contributed by atoms with Gasteiger partial charge in [0.1, 0.15) is 6.17 Å². The zero-order chi connectivity index (χ0) is 18.9. The van der Waals surface area contributed by atoms with E-state index in [2.05, 4.69) is 10.6 Å². The van der Waals surface area contributed by atoms with E-state index >= 15 is 0 Å². The smallest absolute Gasteiger partial charge is 0.325 e. The summed E-state index contributed by atoms with van der Waals surface area (Å²) in [6.07, 6.45) is 0.0309. The third kappa shape index (κ3) is 3.29. The van der Waals surface area contributed by atoms with Crippen molar-refractivity contribution < 1.29 is 23.1 Å². The average molecular weight is 365 g/mol. The van der Waals surface area contributed by atoms with Gasteiger partial charge in [-0.3, -0.25) is 9.69 Å². The second-order valence-corrected chi connectivity index (χ2v) is 6.41. The first-order valence-corrected chi connectivity index (χ1v) is 8.51. The third-order valence-electron chi connectivity index (χ3n) is 4.73.